The zero-order valence-corrected chi connectivity index (χ0v) is 10.1. The first-order valence-corrected chi connectivity index (χ1v) is 5.61. The number of hydrogen-bond acceptors (Lipinski definition) is 4. The van der Waals surface area contributed by atoms with Crippen LogP contribution >= 0.6 is 0 Å². The summed E-state index contributed by atoms with van der Waals surface area (Å²) >= 11 is 0. The molecule has 18 heavy (non-hydrogen) atoms. The number of nitrogens with zero attached hydrogens (tertiary/aromatic N) is 2. The minimum atomic E-state index is -0.126. The Balaban J connectivity index is 2.04. The normalized spacial score (nSPS) is 9.83. The molecule has 0 radical (unpaired) electrons. The molecule has 1 heterocycles. The quantitative estimate of drug-likeness (QED) is 0.851. The van der Waals surface area contributed by atoms with Gasteiger partial charge >= 0.3 is 0 Å². The second-order valence-corrected chi connectivity index (χ2v) is 3.68. The van der Waals surface area contributed by atoms with Crippen LogP contribution < -0.4 is 10.6 Å². The number of anilines is 1. The summed E-state index contributed by atoms with van der Waals surface area (Å²) < 4.78 is 0. The van der Waals surface area contributed by atoms with Gasteiger partial charge in [0.05, 0.1) is 17.8 Å². The molecule has 0 fully saturated rings. The Hall–Kier alpha value is -2.43. The second kappa shape index (κ2) is 5.77. The molecular weight excluding hydrogens is 228 g/mol. The van der Waals surface area contributed by atoms with Crippen LogP contribution in [0.2, 0.25) is 0 Å². The highest BCUT2D eigenvalue weighted by Gasteiger charge is 2.09. The summed E-state index contributed by atoms with van der Waals surface area (Å²) in [4.78, 5) is 19.9. The molecule has 92 valence electrons. The zero-order chi connectivity index (χ0) is 12.8. The third-order valence-corrected chi connectivity index (χ3v) is 2.51. The molecule has 1 amide bonds. The Morgan fingerprint density at radius 3 is 2.83 bits per heavy atom. The standard InChI is InChI=1S/C13H14N4O/c1-14-12-5-3-2-4-11(12)13(18)16-8-10-6-7-15-9-17-10/h2-7,9,14H,8H2,1H3,(H,16,18). The van der Waals surface area contributed by atoms with Gasteiger partial charge in [-0.2, -0.15) is 0 Å². The van der Waals surface area contributed by atoms with Gasteiger partial charge in [-0.25, -0.2) is 9.97 Å². The minimum absolute atomic E-state index is 0.126. The highest BCUT2D eigenvalue weighted by Crippen LogP contribution is 2.13. The number of nitrogens with one attached hydrogen (secondary N) is 2. The molecule has 0 aliphatic rings. The lowest BCUT2D eigenvalue weighted by molar-refractivity contribution is 0.0951. The Labute approximate surface area is 105 Å². The molecule has 0 unspecified atom stereocenters. The maximum absolute atomic E-state index is 12.0. The minimum Gasteiger partial charge on any atom is -0.387 e. The van der Waals surface area contributed by atoms with E-state index < -0.39 is 0 Å². The van der Waals surface area contributed by atoms with Crippen LogP contribution in [-0.4, -0.2) is 22.9 Å². The molecular formula is C13H14N4O. The average molecular weight is 242 g/mol. The van der Waals surface area contributed by atoms with E-state index in [1.807, 2.05) is 18.2 Å². The number of hydrogen-bond donors (Lipinski definition) is 2. The molecule has 2 aromatic rings. The van der Waals surface area contributed by atoms with E-state index in [0.717, 1.165) is 11.4 Å². The molecule has 0 saturated heterocycles. The van der Waals surface area contributed by atoms with Gasteiger partial charge in [0.15, 0.2) is 0 Å². The molecule has 2 N–H and O–H groups in total. The van der Waals surface area contributed by atoms with Crippen LogP contribution in [0.15, 0.2) is 42.9 Å². The fourth-order valence-electron chi connectivity index (χ4n) is 1.59. The third-order valence-electron chi connectivity index (χ3n) is 2.51. The second-order valence-electron chi connectivity index (χ2n) is 3.68. The van der Waals surface area contributed by atoms with Crippen molar-refractivity contribution in [3.8, 4) is 0 Å². The van der Waals surface area contributed by atoms with Gasteiger partial charge in [0, 0.05) is 18.9 Å². The zero-order valence-electron chi connectivity index (χ0n) is 10.1. The lowest BCUT2D eigenvalue weighted by Crippen LogP contribution is -2.24. The van der Waals surface area contributed by atoms with Gasteiger partial charge in [-0.05, 0) is 18.2 Å². The molecule has 0 aliphatic carbocycles. The Morgan fingerprint density at radius 2 is 2.11 bits per heavy atom. The van der Waals surface area contributed by atoms with Crippen LogP contribution in [0.1, 0.15) is 16.1 Å². The highest BCUT2D eigenvalue weighted by molar-refractivity contribution is 5.99. The lowest BCUT2D eigenvalue weighted by atomic mass is 10.1. The SMILES string of the molecule is CNc1ccccc1C(=O)NCc1ccncn1. The van der Waals surface area contributed by atoms with Gasteiger partial charge in [-0.15, -0.1) is 0 Å². The van der Waals surface area contributed by atoms with Gasteiger partial charge in [0.1, 0.15) is 6.33 Å². The smallest absolute Gasteiger partial charge is 0.253 e. The molecule has 5 heteroatoms. The Morgan fingerprint density at radius 1 is 1.28 bits per heavy atom. The van der Waals surface area contributed by atoms with Crippen molar-refractivity contribution in [2.45, 2.75) is 6.54 Å². The summed E-state index contributed by atoms with van der Waals surface area (Å²) in [6.07, 6.45) is 3.11. The number of amides is 1. The lowest BCUT2D eigenvalue weighted by Gasteiger charge is -2.09. The van der Waals surface area contributed by atoms with Crippen molar-refractivity contribution in [3.63, 3.8) is 0 Å². The number of para-hydroxylation sites is 1. The van der Waals surface area contributed by atoms with Gasteiger partial charge in [-0.3, -0.25) is 4.79 Å². The van der Waals surface area contributed by atoms with Gasteiger partial charge in [0.2, 0.25) is 0 Å². The summed E-state index contributed by atoms with van der Waals surface area (Å²) in [5, 5.41) is 5.81. The Bertz CT molecular complexity index is 528. The van der Waals surface area contributed by atoms with Gasteiger partial charge < -0.3 is 10.6 Å². The van der Waals surface area contributed by atoms with E-state index in [1.54, 1.807) is 25.4 Å². The van der Waals surface area contributed by atoms with E-state index in [0.29, 0.717) is 12.1 Å². The van der Waals surface area contributed by atoms with Crippen LogP contribution in [0.25, 0.3) is 0 Å². The largest absolute Gasteiger partial charge is 0.387 e. The number of benzene rings is 1. The first-order chi connectivity index (χ1) is 8.81. The van der Waals surface area contributed by atoms with Crippen LogP contribution in [0.5, 0.6) is 0 Å². The molecule has 0 aliphatic heterocycles. The summed E-state index contributed by atoms with van der Waals surface area (Å²) in [5.74, 6) is -0.126. The summed E-state index contributed by atoms with van der Waals surface area (Å²) in [5.41, 5.74) is 2.20. The van der Waals surface area contributed by atoms with E-state index >= 15 is 0 Å². The van der Waals surface area contributed by atoms with Crippen LogP contribution in [-0.2, 0) is 6.54 Å². The van der Waals surface area contributed by atoms with Crippen LogP contribution in [0.4, 0.5) is 5.69 Å². The first-order valence-electron chi connectivity index (χ1n) is 5.61. The van der Waals surface area contributed by atoms with Gasteiger partial charge in [0.25, 0.3) is 5.91 Å². The van der Waals surface area contributed by atoms with Gasteiger partial charge in [-0.1, -0.05) is 12.1 Å². The molecule has 0 saturated carbocycles. The molecule has 0 atom stereocenters. The van der Waals surface area contributed by atoms with E-state index in [4.69, 9.17) is 0 Å². The molecule has 0 spiro atoms. The van der Waals surface area contributed by atoms with Crippen molar-refractivity contribution in [1.29, 1.82) is 0 Å². The van der Waals surface area contributed by atoms with Crippen molar-refractivity contribution < 1.29 is 4.79 Å². The average Bonchev–Trinajstić information content (AvgIpc) is 2.45. The van der Waals surface area contributed by atoms with E-state index in [-0.39, 0.29) is 5.91 Å². The topological polar surface area (TPSA) is 66.9 Å². The Kier molecular flexibility index (Phi) is 3.86. The van der Waals surface area contributed by atoms with Crippen LogP contribution in [0.3, 0.4) is 0 Å². The van der Waals surface area contributed by atoms with E-state index in [1.165, 1.54) is 6.33 Å². The van der Waals surface area contributed by atoms with Crippen molar-refractivity contribution in [1.82, 2.24) is 15.3 Å². The third kappa shape index (κ3) is 2.82. The molecule has 1 aromatic carbocycles. The molecule has 5 nitrogen and oxygen atoms in total. The summed E-state index contributed by atoms with van der Waals surface area (Å²) in [7, 11) is 1.79. The predicted octanol–water partition coefficient (Wildman–Crippen LogP) is 1.45. The van der Waals surface area contributed by atoms with Crippen LogP contribution in [0, 0.1) is 0 Å². The molecule has 0 bridgehead atoms. The summed E-state index contributed by atoms with van der Waals surface area (Å²) in [6.45, 7) is 0.388. The highest BCUT2D eigenvalue weighted by atomic mass is 16.1. The molecule has 2 rings (SSSR count). The number of rotatable bonds is 4. The van der Waals surface area contributed by atoms with Crippen molar-refractivity contribution in [2.24, 2.45) is 0 Å². The first kappa shape index (κ1) is 12.0. The van der Waals surface area contributed by atoms with E-state index in [2.05, 4.69) is 20.6 Å². The predicted molar refractivity (Wildman–Crippen MR) is 69.2 cm³/mol. The van der Waals surface area contributed by atoms with E-state index in [9.17, 15) is 4.79 Å². The summed E-state index contributed by atoms with van der Waals surface area (Å²) in [6, 6.07) is 9.12. The fourth-order valence-corrected chi connectivity index (χ4v) is 1.59. The van der Waals surface area contributed by atoms with Crippen molar-refractivity contribution in [3.05, 3.63) is 54.1 Å². The number of carbonyl (C=O) groups excluding carboxylic acids is 1. The van der Waals surface area contributed by atoms with Crippen molar-refractivity contribution in [2.75, 3.05) is 12.4 Å². The number of carbonyl (C=O) groups is 1. The maximum atomic E-state index is 12.0. The van der Waals surface area contributed by atoms with Crippen molar-refractivity contribution >= 4 is 11.6 Å². The maximum Gasteiger partial charge on any atom is 0.253 e. The monoisotopic (exact) mass is 242 g/mol. The fraction of sp³-hybridized carbons (Fsp3) is 0.154. The molecule has 1 aromatic heterocycles. The number of aromatic nitrogens is 2.